The molecule has 0 saturated heterocycles. The van der Waals surface area contributed by atoms with Crippen molar-refractivity contribution in [2.24, 2.45) is 5.41 Å². The third-order valence-corrected chi connectivity index (χ3v) is 2.98. The average Bonchev–Trinajstić information content (AvgIpc) is 2.35. The topological polar surface area (TPSA) is 87.7 Å². The monoisotopic (exact) mass is 300 g/mol. The Morgan fingerprint density at radius 1 is 1.19 bits per heavy atom. The predicted octanol–water partition coefficient (Wildman–Crippen LogP) is 2.16. The molecule has 0 aromatic heterocycles. The van der Waals surface area contributed by atoms with Gasteiger partial charge in [-0.15, -0.1) is 0 Å². The molecule has 2 amide bonds. The van der Waals surface area contributed by atoms with Gasteiger partial charge in [-0.1, -0.05) is 26.0 Å². The van der Waals surface area contributed by atoms with Crippen LogP contribution >= 0.6 is 0 Å². The number of urea groups is 1. The number of carboxylic acids is 1. The van der Waals surface area contributed by atoms with Gasteiger partial charge in [0, 0.05) is 19.5 Å². The predicted molar refractivity (Wildman–Crippen MR) is 82.3 cm³/mol. The fraction of sp³-hybridized carbons (Fsp3) is 0.733. The highest BCUT2D eigenvalue weighted by Crippen LogP contribution is 2.25. The number of carboxylic acid groups (broad SMARTS) is 1. The molecule has 0 aliphatic rings. The largest absolute Gasteiger partial charge is 0.481 e. The van der Waals surface area contributed by atoms with Crippen LogP contribution in [-0.4, -0.2) is 43.4 Å². The van der Waals surface area contributed by atoms with E-state index >= 15 is 0 Å². The maximum absolute atomic E-state index is 11.5. The molecule has 3 N–H and O–H groups in total. The molecular weight excluding hydrogens is 272 g/mol. The van der Waals surface area contributed by atoms with Crippen molar-refractivity contribution in [1.29, 1.82) is 0 Å². The second-order valence-electron chi connectivity index (χ2n) is 6.00. The lowest BCUT2D eigenvalue weighted by molar-refractivity contribution is -0.137. The second kappa shape index (κ2) is 10.2. The highest BCUT2D eigenvalue weighted by atomic mass is 16.5. The van der Waals surface area contributed by atoms with Gasteiger partial charge in [0.2, 0.25) is 0 Å². The van der Waals surface area contributed by atoms with E-state index in [0.29, 0.717) is 32.7 Å². The fourth-order valence-corrected chi connectivity index (χ4v) is 1.63. The van der Waals surface area contributed by atoms with Crippen LogP contribution in [0.4, 0.5) is 4.79 Å². The van der Waals surface area contributed by atoms with Crippen molar-refractivity contribution in [3.63, 3.8) is 0 Å². The highest BCUT2D eigenvalue weighted by molar-refractivity contribution is 5.73. The molecule has 21 heavy (non-hydrogen) atoms. The van der Waals surface area contributed by atoms with Crippen molar-refractivity contribution in [2.75, 3.05) is 26.3 Å². The number of hydrogen-bond donors (Lipinski definition) is 3. The Bertz CT molecular complexity index is 354. The highest BCUT2D eigenvalue weighted by Gasteiger charge is 2.19. The molecule has 6 heteroatoms. The van der Waals surface area contributed by atoms with Crippen LogP contribution in [-0.2, 0) is 9.53 Å². The Balaban J connectivity index is 3.64. The first-order valence-electron chi connectivity index (χ1n) is 7.18. The summed E-state index contributed by atoms with van der Waals surface area (Å²) >= 11 is 0. The quantitative estimate of drug-likeness (QED) is 0.403. The van der Waals surface area contributed by atoms with Crippen LogP contribution in [0.15, 0.2) is 12.2 Å². The van der Waals surface area contributed by atoms with Crippen LogP contribution in [0.5, 0.6) is 0 Å². The molecule has 0 radical (unpaired) electrons. The molecule has 0 saturated carbocycles. The van der Waals surface area contributed by atoms with E-state index in [1.165, 1.54) is 0 Å². The summed E-state index contributed by atoms with van der Waals surface area (Å²) in [5.41, 5.74) is 0.846. The average molecular weight is 300 g/mol. The van der Waals surface area contributed by atoms with Crippen LogP contribution in [0.2, 0.25) is 0 Å². The van der Waals surface area contributed by atoms with Crippen LogP contribution in [0.25, 0.3) is 0 Å². The van der Waals surface area contributed by atoms with Crippen LogP contribution in [0.3, 0.4) is 0 Å². The van der Waals surface area contributed by atoms with E-state index in [1.807, 2.05) is 20.8 Å². The van der Waals surface area contributed by atoms with Gasteiger partial charge >= 0.3 is 12.0 Å². The zero-order chi connectivity index (χ0) is 16.3. The lowest BCUT2D eigenvalue weighted by Crippen LogP contribution is -2.38. The lowest BCUT2D eigenvalue weighted by atomic mass is 9.84. The smallest absolute Gasteiger partial charge is 0.314 e. The third kappa shape index (κ3) is 13.2. The van der Waals surface area contributed by atoms with Gasteiger partial charge in [-0.2, -0.15) is 0 Å². The van der Waals surface area contributed by atoms with Crippen LogP contribution < -0.4 is 10.6 Å². The molecule has 6 nitrogen and oxygen atoms in total. The van der Waals surface area contributed by atoms with Gasteiger partial charge in [0.05, 0.1) is 13.2 Å². The van der Waals surface area contributed by atoms with E-state index in [0.717, 1.165) is 12.0 Å². The number of carbonyl (C=O) groups is 2. The SMILES string of the molecule is C=C(C)COCCNC(=O)NCCC(C)(C)CCC(=O)O. The molecule has 0 spiro atoms. The minimum atomic E-state index is -0.788. The van der Waals surface area contributed by atoms with Crippen molar-refractivity contribution >= 4 is 12.0 Å². The summed E-state index contributed by atoms with van der Waals surface area (Å²) in [5, 5.41) is 14.1. The van der Waals surface area contributed by atoms with Crippen molar-refractivity contribution in [3.8, 4) is 0 Å². The molecule has 0 rings (SSSR count). The van der Waals surface area contributed by atoms with E-state index in [-0.39, 0.29) is 17.9 Å². The van der Waals surface area contributed by atoms with Gasteiger partial charge < -0.3 is 20.5 Å². The minimum absolute atomic E-state index is 0.101. The molecule has 0 aliphatic heterocycles. The van der Waals surface area contributed by atoms with Gasteiger partial charge in [0.1, 0.15) is 0 Å². The Labute approximate surface area is 126 Å². The van der Waals surface area contributed by atoms with E-state index in [2.05, 4.69) is 17.2 Å². The van der Waals surface area contributed by atoms with Crippen LogP contribution in [0, 0.1) is 5.41 Å². The summed E-state index contributed by atoms with van der Waals surface area (Å²) in [6, 6.07) is -0.233. The maximum atomic E-state index is 11.5. The normalized spacial score (nSPS) is 11.0. The zero-order valence-corrected chi connectivity index (χ0v) is 13.3. The van der Waals surface area contributed by atoms with Gasteiger partial charge in [0.15, 0.2) is 0 Å². The van der Waals surface area contributed by atoms with Crippen molar-refractivity contribution in [3.05, 3.63) is 12.2 Å². The molecular formula is C15H28N2O4. The fourth-order valence-electron chi connectivity index (χ4n) is 1.63. The molecule has 0 bridgehead atoms. The van der Waals surface area contributed by atoms with Gasteiger partial charge in [-0.3, -0.25) is 4.79 Å². The van der Waals surface area contributed by atoms with E-state index < -0.39 is 5.97 Å². The number of hydrogen-bond acceptors (Lipinski definition) is 3. The number of rotatable bonds is 11. The first-order valence-corrected chi connectivity index (χ1v) is 7.18. The van der Waals surface area contributed by atoms with Crippen molar-refractivity contribution in [2.45, 2.75) is 40.0 Å². The Hall–Kier alpha value is -1.56. The van der Waals surface area contributed by atoms with Gasteiger partial charge in [-0.25, -0.2) is 4.79 Å². The number of carbonyl (C=O) groups excluding carboxylic acids is 1. The maximum Gasteiger partial charge on any atom is 0.314 e. The van der Waals surface area contributed by atoms with Crippen LogP contribution in [0.1, 0.15) is 40.0 Å². The molecule has 0 fully saturated rings. The molecule has 0 unspecified atom stereocenters. The number of amides is 2. The third-order valence-electron chi connectivity index (χ3n) is 2.98. The summed E-state index contributed by atoms with van der Waals surface area (Å²) < 4.78 is 5.26. The molecule has 122 valence electrons. The van der Waals surface area contributed by atoms with Gasteiger partial charge in [-0.05, 0) is 25.2 Å². The number of ether oxygens (including phenoxy) is 1. The van der Waals surface area contributed by atoms with E-state index in [1.54, 1.807) is 0 Å². The molecule has 0 atom stereocenters. The Morgan fingerprint density at radius 2 is 1.81 bits per heavy atom. The molecule has 0 aliphatic carbocycles. The van der Waals surface area contributed by atoms with Crippen molar-refractivity contribution in [1.82, 2.24) is 10.6 Å². The Morgan fingerprint density at radius 3 is 2.38 bits per heavy atom. The summed E-state index contributed by atoms with van der Waals surface area (Å²) in [4.78, 5) is 22.0. The molecule has 0 heterocycles. The lowest BCUT2D eigenvalue weighted by Gasteiger charge is -2.23. The first kappa shape index (κ1) is 19.4. The van der Waals surface area contributed by atoms with E-state index in [9.17, 15) is 9.59 Å². The summed E-state index contributed by atoms with van der Waals surface area (Å²) in [5.74, 6) is -0.788. The summed E-state index contributed by atoms with van der Waals surface area (Å²) in [6.45, 7) is 11.5. The molecule has 0 aromatic rings. The minimum Gasteiger partial charge on any atom is -0.481 e. The Kier molecular flexibility index (Phi) is 9.45. The number of aliphatic carboxylic acids is 1. The van der Waals surface area contributed by atoms with E-state index in [4.69, 9.17) is 9.84 Å². The summed E-state index contributed by atoms with van der Waals surface area (Å²) in [6.07, 6.45) is 1.49. The second-order valence-corrected chi connectivity index (χ2v) is 6.00. The van der Waals surface area contributed by atoms with Gasteiger partial charge in [0.25, 0.3) is 0 Å². The van der Waals surface area contributed by atoms with Crippen molar-refractivity contribution < 1.29 is 19.4 Å². The standard InChI is InChI=1S/C15H28N2O4/c1-12(2)11-21-10-9-17-14(20)16-8-7-15(3,4)6-5-13(18)19/h1,5-11H2,2-4H3,(H,18,19)(H2,16,17,20). The zero-order valence-electron chi connectivity index (χ0n) is 13.3. The molecule has 0 aromatic carbocycles. The summed E-state index contributed by atoms with van der Waals surface area (Å²) in [7, 11) is 0. The number of nitrogens with one attached hydrogen (secondary N) is 2. The first-order chi connectivity index (χ1) is 9.73.